The second-order valence-corrected chi connectivity index (χ2v) is 34.8. The summed E-state index contributed by atoms with van der Waals surface area (Å²) in [5, 5.41) is 45.9. The maximum atomic E-state index is 14.0. The number of halogens is 5. The lowest BCUT2D eigenvalue weighted by molar-refractivity contribution is 0.118. The van der Waals surface area contributed by atoms with E-state index < -0.39 is 101 Å². The fraction of sp³-hybridized carbons (Fsp3) is 0.257. The summed E-state index contributed by atoms with van der Waals surface area (Å²) in [4.78, 5) is 74.4. The van der Waals surface area contributed by atoms with Crippen molar-refractivity contribution in [2.24, 2.45) is 28.2 Å². The van der Waals surface area contributed by atoms with Crippen molar-refractivity contribution >= 4 is 157 Å². The summed E-state index contributed by atoms with van der Waals surface area (Å²) in [7, 11) is -5.99. The maximum Gasteiger partial charge on any atom is 0.413 e. The molecule has 0 aliphatic carbocycles. The van der Waals surface area contributed by atoms with E-state index >= 15 is 0 Å². The zero-order chi connectivity index (χ0) is 90.2. The number of rotatable bonds is 25. The number of ether oxygens (including phenoxy) is 5. The van der Waals surface area contributed by atoms with E-state index in [-0.39, 0.29) is 67.3 Å². The highest BCUT2D eigenvalue weighted by molar-refractivity contribution is 7.92. The largest absolute Gasteiger partial charge is 0.481 e. The molecule has 4 atom stereocenters. The summed E-state index contributed by atoms with van der Waals surface area (Å²) >= 11 is 19.4. The first kappa shape index (κ1) is 93.9. The van der Waals surface area contributed by atoms with E-state index in [0.29, 0.717) is 73.3 Å². The molecule has 0 aliphatic heterocycles. The Morgan fingerprint density at radius 1 is 0.431 bits per heavy atom. The molecule has 12 aromatic rings. The van der Waals surface area contributed by atoms with Crippen LogP contribution in [0.3, 0.4) is 0 Å². The number of pyridine rings is 6. The summed E-state index contributed by atoms with van der Waals surface area (Å²) in [6.07, 6.45) is 4.46. The van der Waals surface area contributed by atoms with Crippen molar-refractivity contribution in [1.82, 2.24) is 89.9 Å². The molecule has 4 amide bonds. The first-order chi connectivity index (χ1) is 57.8. The molecule has 0 saturated heterocycles. The van der Waals surface area contributed by atoms with Crippen LogP contribution >= 0.6 is 46.1 Å². The lowest BCUT2D eigenvalue weighted by atomic mass is 10.1. The minimum absolute atomic E-state index is 0.0540. The number of methoxy groups -OCH3 is 1. The average Bonchev–Trinajstić information content (AvgIpc) is 1.69. The van der Waals surface area contributed by atoms with Crippen molar-refractivity contribution in [3.63, 3.8) is 0 Å². The van der Waals surface area contributed by atoms with Gasteiger partial charge in [-0.25, -0.2) is 95.3 Å². The Morgan fingerprint density at radius 2 is 0.813 bits per heavy atom. The highest BCUT2D eigenvalue weighted by Crippen LogP contribution is 2.36. The fourth-order valence-electron chi connectivity index (χ4n) is 10.6. The molecule has 2 unspecified atom stereocenters. The van der Waals surface area contributed by atoms with Crippen molar-refractivity contribution in [3.8, 4) is 51.4 Å². The van der Waals surface area contributed by atoms with Gasteiger partial charge in [0.2, 0.25) is 46.0 Å². The first-order valence-corrected chi connectivity index (χ1v) is 44.7. The molecule has 0 bridgehead atoms. The summed E-state index contributed by atoms with van der Waals surface area (Å²) in [6.45, 7) is 7.99. The highest BCUT2D eigenvalue weighted by atomic mass is 35.5. The van der Waals surface area contributed by atoms with E-state index in [4.69, 9.17) is 58.5 Å². The van der Waals surface area contributed by atoms with Gasteiger partial charge in [0.15, 0.2) is 46.0 Å². The van der Waals surface area contributed by atoms with Crippen LogP contribution in [0.5, 0.6) is 5.88 Å². The number of nitrogens with one attached hydrogen (secondary N) is 8. The van der Waals surface area contributed by atoms with Crippen LogP contribution in [0, 0.1) is 18.6 Å². The predicted octanol–water partition coefficient (Wildman–Crippen LogP) is 11.6. The van der Waals surface area contributed by atoms with E-state index in [1.807, 2.05) is 5.38 Å². The van der Waals surface area contributed by atoms with Crippen LogP contribution in [0.15, 0.2) is 127 Å². The Labute approximate surface area is 719 Å². The number of thiophene rings is 1. The minimum atomic E-state index is -3.45. The van der Waals surface area contributed by atoms with Crippen LogP contribution in [-0.4, -0.2) is 180 Å². The molecule has 1 aromatic carbocycles. The molecule has 11 aromatic heterocycles. The molecule has 0 saturated carbocycles. The Bertz CT molecular complexity index is 6090. The lowest BCUT2D eigenvalue weighted by Gasteiger charge is -2.16. The van der Waals surface area contributed by atoms with Crippen molar-refractivity contribution in [3.05, 3.63) is 181 Å². The van der Waals surface area contributed by atoms with Gasteiger partial charge in [-0.2, -0.15) is 11.3 Å². The van der Waals surface area contributed by atoms with Gasteiger partial charge in [-0.1, -0.05) is 61.7 Å². The number of benzene rings is 1. The maximum absolute atomic E-state index is 14.0. The highest BCUT2D eigenvalue weighted by Gasteiger charge is 2.28. The van der Waals surface area contributed by atoms with Crippen molar-refractivity contribution in [1.29, 1.82) is 0 Å². The van der Waals surface area contributed by atoms with Crippen LogP contribution in [0.1, 0.15) is 80.1 Å². The van der Waals surface area contributed by atoms with Gasteiger partial charge in [0, 0.05) is 57.1 Å². The Kier molecular flexibility index (Phi) is 31.0. The molecule has 53 heteroatoms. The molecule has 12 rings (SSSR count). The second kappa shape index (κ2) is 40.6. The molecule has 123 heavy (non-hydrogen) atoms. The number of hydrogen-bond donors (Lipinski definition) is 8. The van der Waals surface area contributed by atoms with Crippen molar-refractivity contribution in [2.45, 2.75) is 59.0 Å². The van der Waals surface area contributed by atoms with Gasteiger partial charge >= 0.3 is 24.4 Å². The molecule has 8 N–H and O–H groups in total. The summed E-state index contributed by atoms with van der Waals surface area (Å²) < 4.78 is 160. The zero-order valence-electron chi connectivity index (χ0n) is 66.9. The van der Waals surface area contributed by atoms with E-state index in [1.54, 1.807) is 83.8 Å². The van der Waals surface area contributed by atoms with Gasteiger partial charge in [0.05, 0.1) is 123 Å². The quantitative estimate of drug-likeness (QED) is 0.0195. The van der Waals surface area contributed by atoms with Crippen LogP contribution in [0.2, 0.25) is 15.2 Å². The van der Waals surface area contributed by atoms with Crippen LogP contribution < -0.4 is 44.9 Å². The topological polar surface area (TPSA) is 547 Å². The number of carbonyl (C=O) groups is 4. The molecule has 11 heterocycles. The average molecular weight is 1860 g/mol. The number of amides is 4. The second-order valence-electron chi connectivity index (χ2n) is 25.9. The molecule has 0 radical (unpaired) electrons. The van der Waals surface area contributed by atoms with Gasteiger partial charge in [-0.3, -0.25) is 55.1 Å². The number of nitrogens with zero attached hydrogens (tertiary/aromatic N) is 18. The molecular formula is C70H75Cl3F2N26O17S5. The Balaban J connectivity index is 0.000000186. The molecule has 0 aliphatic rings. The summed E-state index contributed by atoms with van der Waals surface area (Å²) in [5.74, 6) is -0.0264. The summed E-state index contributed by atoms with van der Waals surface area (Å²) in [6, 6.07) is 20.9. The number of anilines is 8. The van der Waals surface area contributed by atoms with Gasteiger partial charge in [-0.05, 0) is 119 Å². The molecule has 43 nitrogen and oxygen atoms in total. The SMILES string of the molecule is CC(OC(=O)Nc1c(-c2ccc(NS(C)(=O)=O)cn2)nnn1C)c1c(F)cccc1Cl.CC(OC(=O)Nc1c(-c2ccc(NS(C)(=O)=O)cn2)nnn1C)c1c(F)ccnc1Cl.COc1ncccc1[C@@H](C)OC(=O)Nc1c(-c2ccc(NS(C)(=O)=O)c(C)n2)nnn1C.C[C@@H](OC(=O)Nc1c(-c2ccc(NS(C)(=O)=O)cn2)nnn1C)c1cscc1Cl. The standard InChI is InChI=1S/C19H23N7O5S.C18H18ClFN6O4S.C17H17ClFN7O4S.C16H17ClN6O4S2/c1-11-14(24-32(5,28)29)8-9-15(21-11)16-17(26(3)25-23-16)22-19(27)31-12(2)13-7-6-10-20-18(13)30-4;1-10(15-12(19)5-4-6-13(15)20)30-18(27)22-17-16(23-25-26(17)2)14-8-7-11(9-21-14)24-31(3,28)29;1-9(13-11(19)6-7-20-15(13)18)30-17(27)22-16-14(23-25-26(16)2)12-5-4-10(8-21-12)24-31(3,28)29;1-9(11-7-28-8-12(11)17)27-16(24)19-15-14(20-22-23(15)2)13-5-4-10(6-18-13)21-29(3,25)26/h6-10,12,24H,1-5H3,(H,22,27);4-10,24H,1-3H3,(H,22,27);4-9,24H,1-3H3,(H,22,27);4-9,21H,1-3H3,(H,19,24)/t12-;;;9-/m1..1/s1. The summed E-state index contributed by atoms with van der Waals surface area (Å²) in [5.41, 5.74) is 5.38. The zero-order valence-corrected chi connectivity index (χ0v) is 73.2. The smallest absolute Gasteiger partial charge is 0.413 e. The van der Waals surface area contributed by atoms with Crippen LogP contribution in [-0.2, 0) is 87.2 Å². The van der Waals surface area contributed by atoms with E-state index in [0.717, 1.165) is 31.1 Å². The number of carbonyl (C=O) groups excluding carboxylic acids is 4. The Morgan fingerprint density at radius 3 is 1.17 bits per heavy atom. The van der Waals surface area contributed by atoms with Gasteiger partial charge in [0.1, 0.15) is 41.2 Å². The monoisotopic (exact) mass is 1850 g/mol. The van der Waals surface area contributed by atoms with E-state index in [9.17, 15) is 61.6 Å². The third-order valence-corrected chi connectivity index (χ3v) is 20.3. The predicted molar refractivity (Wildman–Crippen MR) is 450 cm³/mol. The molecule has 0 spiro atoms. The van der Waals surface area contributed by atoms with Crippen LogP contribution in [0.4, 0.5) is 74.0 Å². The fourth-order valence-corrected chi connectivity index (χ4v) is 14.7. The number of hydrogen-bond acceptors (Lipinski definition) is 32. The minimum Gasteiger partial charge on any atom is -0.481 e. The lowest BCUT2D eigenvalue weighted by Crippen LogP contribution is -2.19. The molecule has 0 fully saturated rings. The van der Waals surface area contributed by atoms with E-state index in [1.165, 1.54) is 131 Å². The van der Waals surface area contributed by atoms with Crippen molar-refractivity contribution < 1.29 is 85.3 Å². The number of aromatic nitrogens is 18. The van der Waals surface area contributed by atoms with Crippen molar-refractivity contribution in [2.75, 3.05) is 72.3 Å². The number of aryl methyl sites for hydroxylation is 5. The first-order valence-electron chi connectivity index (χ1n) is 35.0. The molecular weight excluding hydrogens is 1780 g/mol. The number of sulfonamides is 4. The normalized spacial score (nSPS) is 12.3. The van der Waals surface area contributed by atoms with Gasteiger partial charge < -0.3 is 23.7 Å². The van der Waals surface area contributed by atoms with Crippen LogP contribution in [0.25, 0.3) is 45.6 Å². The van der Waals surface area contributed by atoms with Gasteiger partial charge in [0.25, 0.3) is 0 Å². The third kappa shape index (κ3) is 26.5. The van der Waals surface area contributed by atoms with Gasteiger partial charge in [-0.15, -0.1) is 20.4 Å². The third-order valence-electron chi connectivity index (χ3n) is 16.1. The Hall–Kier alpha value is -13.0. The van der Waals surface area contributed by atoms with E-state index in [2.05, 4.69) is 111 Å². The molecule has 652 valence electrons.